The largest absolute Gasteiger partial charge is 0.368 e. The summed E-state index contributed by atoms with van der Waals surface area (Å²) in [4.78, 5) is 21.4. The van der Waals surface area contributed by atoms with Gasteiger partial charge in [-0.25, -0.2) is 13.4 Å². The Morgan fingerprint density at radius 1 is 0.818 bits per heavy atom. The molecule has 2 heterocycles. The maximum absolute atomic E-state index is 13.0. The van der Waals surface area contributed by atoms with Crippen molar-refractivity contribution in [2.24, 2.45) is 0 Å². The van der Waals surface area contributed by atoms with Crippen molar-refractivity contribution in [3.63, 3.8) is 0 Å². The summed E-state index contributed by atoms with van der Waals surface area (Å²) in [5.74, 6) is -0.127. The van der Waals surface area contributed by atoms with Gasteiger partial charge in [0.2, 0.25) is 9.84 Å². The second kappa shape index (κ2) is 8.98. The minimum atomic E-state index is -3.73. The molecule has 0 N–H and O–H groups in total. The van der Waals surface area contributed by atoms with E-state index in [0.29, 0.717) is 18.7 Å². The minimum absolute atomic E-state index is 0.0537. The zero-order chi connectivity index (χ0) is 23.8. The van der Waals surface area contributed by atoms with Gasteiger partial charge in [-0.3, -0.25) is 4.79 Å². The predicted octanol–water partition coefficient (Wildman–Crippen LogP) is 4.11. The maximum atomic E-state index is 13.0. The normalized spacial score (nSPS) is 14.4. The molecule has 6 nitrogen and oxygen atoms in total. The van der Waals surface area contributed by atoms with Gasteiger partial charge in [-0.2, -0.15) is 0 Å². The van der Waals surface area contributed by atoms with E-state index in [2.05, 4.69) is 41.9 Å². The number of rotatable bonds is 4. The van der Waals surface area contributed by atoms with Crippen molar-refractivity contribution in [3.05, 3.63) is 82.5 Å². The van der Waals surface area contributed by atoms with Gasteiger partial charge < -0.3 is 9.80 Å². The van der Waals surface area contributed by atoms with Crippen molar-refractivity contribution < 1.29 is 13.2 Å². The third kappa shape index (κ3) is 4.64. The van der Waals surface area contributed by atoms with Crippen LogP contribution < -0.4 is 4.90 Å². The number of amides is 1. The zero-order valence-corrected chi connectivity index (χ0v) is 20.3. The Balaban J connectivity index is 1.45. The maximum Gasteiger partial charge on any atom is 0.255 e. The van der Waals surface area contributed by atoms with Crippen LogP contribution in [0.25, 0.3) is 0 Å². The lowest BCUT2D eigenvalue weighted by atomic mass is 10.1. The van der Waals surface area contributed by atoms with Gasteiger partial charge >= 0.3 is 0 Å². The molecule has 4 rings (SSSR count). The summed E-state index contributed by atoms with van der Waals surface area (Å²) in [5, 5.41) is -0.0537. The number of carbonyl (C=O) groups excluding carboxylic acids is 1. The number of carbonyl (C=O) groups is 1. The van der Waals surface area contributed by atoms with Crippen molar-refractivity contribution >= 4 is 21.4 Å². The van der Waals surface area contributed by atoms with Crippen LogP contribution in [-0.4, -0.2) is 50.4 Å². The fourth-order valence-electron chi connectivity index (χ4n) is 4.16. The van der Waals surface area contributed by atoms with Crippen LogP contribution in [-0.2, 0) is 9.84 Å². The Morgan fingerprint density at radius 3 is 2.15 bits per heavy atom. The van der Waals surface area contributed by atoms with Crippen LogP contribution in [0.3, 0.4) is 0 Å². The highest BCUT2D eigenvalue weighted by Crippen LogP contribution is 2.24. The Hall–Kier alpha value is -3.19. The number of hydrogen-bond donors (Lipinski definition) is 0. The van der Waals surface area contributed by atoms with Crippen molar-refractivity contribution in [1.82, 2.24) is 9.88 Å². The van der Waals surface area contributed by atoms with E-state index in [4.69, 9.17) is 0 Å². The lowest BCUT2D eigenvalue weighted by Gasteiger charge is -2.37. The summed E-state index contributed by atoms with van der Waals surface area (Å²) in [6.45, 7) is 10.7. The molecule has 172 valence electrons. The second-order valence-electron chi connectivity index (χ2n) is 8.70. The topological polar surface area (TPSA) is 70.6 Å². The molecule has 0 spiro atoms. The zero-order valence-electron chi connectivity index (χ0n) is 19.5. The van der Waals surface area contributed by atoms with E-state index in [-0.39, 0.29) is 15.8 Å². The van der Waals surface area contributed by atoms with Gasteiger partial charge in [-0.15, -0.1) is 0 Å². The molecule has 1 saturated heterocycles. The molecule has 33 heavy (non-hydrogen) atoms. The highest BCUT2D eigenvalue weighted by molar-refractivity contribution is 7.91. The molecule has 2 aromatic carbocycles. The van der Waals surface area contributed by atoms with Crippen LogP contribution in [0.1, 0.15) is 32.6 Å². The van der Waals surface area contributed by atoms with E-state index in [9.17, 15) is 13.2 Å². The number of pyridine rings is 1. The molecule has 3 aromatic rings. The second-order valence-corrected chi connectivity index (χ2v) is 10.6. The van der Waals surface area contributed by atoms with E-state index in [1.54, 1.807) is 29.2 Å². The molecule has 1 amide bonds. The molecule has 0 unspecified atom stereocenters. The predicted molar refractivity (Wildman–Crippen MR) is 130 cm³/mol. The quantitative estimate of drug-likeness (QED) is 0.582. The average molecular weight is 464 g/mol. The van der Waals surface area contributed by atoms with Gasteiger partial charge in [0.15, 0.2) is 5.03 Å². The average Bonchev–Trinajstić information content (AvgIpc) is 2.80. The number of piperazine rings is 1. The van der Waals surface area contributed by atoms with Crippen LogP contribution in [0.15, 0.2) is 64.6 Å². The molecule has 0 saturated carbocycles. The molecule has 0 radical (unpaired) electrons. The molecule has 1 aliphatic heterocycles. The summed E-state index contributed by atoms with van der Waals surface area (Å²) in [6.07, 6.45) is 1.37. The molecular weight excluding hydrogens is 434 g/mol. The van der Waals surface area contributed by atoms with Crippen LogP contribution in [0, 0.1) is 27.7 Å². The van der Waals surface area contributed by atoms with E-state index < -0.39 is 9.84 Å². The number of sulfone groups is 1. The molecular formula is C26H29N3O3S. The Labute approximate surface area is 195 Å². The Bertz CT molecular complexity index is 1290. The SMILES string of the molecule is Cc1ccc(N2CCN(C(=O)c3ccc(S(=O)(=O)c4ccc(C)c(C)c4)nc3)CC2)c(C)c1. The van der Waals surface area contributed by atoms with E-state index >= 15 is 0 Å². The first-order valence-electron chi connectivity index (χ1n) is 11.1. The van der Waals surface area contributed by atoms with Crippen LogP contribution in [0.5, 0.6) is 0 Å². The number of nitrogens with zero attached hydrogens (tertiary/aromatic N) is 3. The monoisotopic (exact) mass is 463 g/mol. The van der Waals surface area contributed by atoms with Crippen molar-refractivity contribution in [1.29, 1.82) is 0 Å². The van der Waals surface area contributed by atoms with E-state index in [1.165, 1.54) is 29.1 Å². The highest BCUT2D eigenvalue weighted by atomic mass is 32.2. The van der Waals surface area contributed by atoms with Gasteiger partial charge in [0.25, 0.3) is 5.91 Å². The van der Waals surface area contributed by atoms with Gasteiger partial charge in [0.05, 0.1) is 10.5 Å². The standard InChI is InChI=1S/C26H29N3O3S/c1-18-5-9-24(21(4)15-18)28-11-13-29(14-12-28)26(30)22-7-10-25(27-17-22)33(31,32)23-8-6-19(2)20(3)16-23/h5-10,15-17H,11-14H2,1-4H3. The molecule has 0 atom stereocenters. The first-order valence-corrected chi connectivity index (χ1v) is 12.5. The third-order valence-corrected chi connectivity index (χ3v) is 7.97. The first-order chi connectivity index (χ1) is 15.7. The number of benzene rings is 2. The molecule has 0 bridgehead atoms. The van der Waals surface area contributed by atoms with Crippen molar-refractivity contribution in [2.45, 2.75) is 37.6 Å². The molecule has 7 heteroatoms. The van der Waals surface area contributed by atoms with Crippen LogP contribution >= 0.6 is 0 Å². The lowest BCUT2D eigenvalue weighted by molar-refractivity contribution is 0.0746. The summed E-state index contributed by atoms with van der Waals surface area (Å²) in [6, 6.07) is 14.4. The lowest BCUT2D eigenvalue weighted by Crippen LogP contribution is -2.49. The van der Waals surface area contributed by atoms with Crippen LogP contribution in [0.2, 0.25) is 0 Å². The fraction of sp³-hybridized carbons (Fsp3) is 0.308. The van der Waals surface area contributed by atoms with Gasteiger partial charge in [0, 0.05) is 38.1 Å². The Kier molecular flexibility index (Phi) is 6.26. The van der Waals surface area contributed by atoms with E-state index in [1.807, 2.05) is 13.8 Å². The van der Waals surface area contributed by atoms with Crippen molar-refractivity contribution in [3.8, 4) is 0 Å². The smallest absolute Gasteiger partial charge is 0.255 e. The summed E-state index contributed by atoms with van der Waals surface area (Å²) < 4.78 is 25.9. The van der Waals surface area contributed by atoms with Crippen LogP contribution in [0.4, 0.5) is 5.69 Å². The Morgan fingerprint density at radius 2 is 1.55 bits per heavy atom. The summed E-state index contributed by atoms with van der Waals surface area (Å²) >= 11 is 0. The number of anilines is 1. The number of hydrogen-bond acceptors (Lipinski definition) is 5. The van der Waals surface area contributed by atoms with E-state index in [0.717, 1.165) is 24.2 Å². The summed E-state index contributed by atoms with van der Waals surface area (Å²) in [5.41, 5.74) is 6.01. The first kappa shape index (κ1) is 23.0. The molecule has 1 aliphatic rings. The third-order valence-electron chi connectivity index (χ3n) is 6.31. The molecule has 1 aromatic heterocycles. The highest BCUT2D eigenvalue weighted by Gasteiger charge is 2.25. The molecule has 1 fully saturated rings. The minimum Gasteiger partial charge on any atom is -0.368 e. The van der Waals surface area contributed by atoms with Gasteiger partial charge in [-0.1, -0.05) is 23.8 Å². The molecule has 0 aliphatic carbocycles. The fourth-order valence-corrected chi connectivity index (χ4v) is 5.42. The van der Waals surface area contributed by atoms with Gasteiger partial charge in [0.1, 0.15) is 0 Å². The van der Waals surface area contributed by atoms with Gasteiger partial charge in [-0.05, 0) is 74.7 Å². The summed E-state index contributed by atoms with van der Waals surface area (Å²) in [7, 11) is -3.73. The van der Waals surface area contributed by atoms with Crippen molar-refractivity contribution in [2.75, 3.05) is 31.1 Å². The number of aryl methyl sites for hydroxylation is 4. The number of aromatic nitrogens is 1.